The van der Waals surface area contributed by atoms with Crippen molar-refractivity contribution >= 4 is 29.1 Å². The molecule has 0 heterocycles. The number of aliphatic hydroxyl groups excluding tert-OH is 1. The Bertz CT molecular complexity index is 1200. The Labute approximate surface area is 219 Å². The lowest BCUT2D eigenvalue weighted by molar-refractivity contribution is -0.385. The summed E-state index contributed by atoms with van der Waals surface area (Å²) in [4.78, 5) is 55.5. The van der Waals surface area contributed by atoms with Gasteiger partial charge in [-0.25, -0.2) is 4.79 Å². The van der Waals surface area contributed by atoms with Crippen LogP contribution in [0.2, 0.25) is 0 Å². The SMILES string of the molecule is CCOC(=O)/C(Cc1ccccc1[N+](=O)[O-])=C(\C)O.CCOC(=O)C(Cc1ccccc1[N+](=O)[O-])C(C)=O. The first kappa shape index (κ1) is 31.4. The van der Waals surface area contributed by atoms with Gasteiger partial charge in [0.1, 0.15) is 11.7 Å². The number of nitrogens with zero attached hydrogens (tertiary/aromatic N) is 2. The molecule has 2 aromatic rings. The van der Waals surface area contributed by atoms with Crippen LogP contribution in [0.25, 0.3) is 0 Å². The fourth-order valence-electron chi connectivity index (χ4n) is 3.31. The monoisotopic (exact) mass is 530 g/mol. The number of carbonyl (C=O) groups is 3. The van der Waals surface area contributed by atoms with Gasteiger partial charge in [0.25, 0.3) is 11.4 Å². The zero-order valence-electron chi connectivity index (χ0n) is 21.5. The van der Waals surface area contributed by atoms with E-state index >= 15 is 0 Å². The summed E-state index contributed by atoms with van der Waals surface area (Å²) in [6.45, 7) is 6.25. The number of hydrogen-bond acceptors (Lipinski definition) is 10. The predicted molar refractivity (Wildman–Crippen MR) is 136 cm³/mol. The van der Waals surface area contributed by atoms with Gasteiger partial charge >= 0.3 is 11.9 Å². The number of ketones is 1. The molecule has 0 fully saturated rings. The molecular formula is C26H30N2O10. The van der Waals surface area contributed by atoms with Crippen molar-refractivity contribution in [3.63, 3.8) is 0 Å². The second-order valence-electron chi connectivity index (χ2n) is 7.85. The molecule has 1 atom stereocenters. The van der Waals surface area contributed by atoms with Crippen LogP contribution in [-0.2, 0) is 36.7 Å². The van der Waals surface area contributed by atoms with Crippen LogP contribution in [0, 0.1) is 26.1 Å². The molecule has 0 spiro atoms. The second-order valence-corrected chi connectivity index (χ2v) is 7.85. The van der Waals surface area contributed by atoms with E-state index < -0.39 is 27.7 Å². The number of ether oxygens (including phenoxy) is 2. The average Bonchev–Trinajstić information content (AvgIpc) is 2.86. The highest BCUT2D eigenvalue weighted by Gasteiger charge is 2.28. The first-order valence-electron chi connectivity index (χ1n) is 11.6. The van der Waals surface area contributed by atoms with Gasteiger partial charge in [-0.1, -0.05) is 36.4 Å². The maximum Gasteiger partial charge on any atom is 0.337 e. The highest BCUT2D eigenvalue weighted by atomic mass is 16.6. The highest BCUT2D eigenvalue weighted by molar-refractivity contribution is 5.98. The number of hydrogen-bond donors (Lipinski definition) is 1. The molecule has 0 saturated heterocycles. The number of rotatable bonds is 11. The normalized spacial score (nSPS) is 11.7. The molecule has 0 radical (unpaired) electrons. The minimum Gasteiger partial charge on any atom is -0.512 e. The first-order chi connectivity index (χ1) is 17.9. The van der Waals surface area contributed by atoms with Crippen molar-refractivity contribution in [2.75, 3.05) is 13.2 Å². The average molecular weight is 531 g/mol. The van der Waals surface area contributed by atoms with Crippen LogP contribution in [0.1, 0.15) is 38.8 Å². The van der Waals surface area contributed by atoms with Gasteiger partial charge < -0.3 is 14.6 Å². The third kappa shape index (κ3) is 9.45. The summed E-state index contributed by atoms with van der Waals surface area (Å²) < 4.78 is 9.62. The smallest absolute Gasteiger partial charge is 0.337 e. The molecule has 12 heteroatoms. The van der Waals surface area contributed by atoms with Crippen molar-refractivity contribution in [2.24, 2.45) is 5.92 Å². The third-order valence-corrected chi connectivity index (χ3v) is 5.19. The Morgan fingerprint density at radius 2 is 1.32 bits per heavy atom. The van der Waals surface area contributed by atoms with Gasteiger partial charge in [0, 0.05) is 29.7 Å². The number of Topliss-reactive ketones (excluding diaryl/α,β-unsaturated/α-hetero) is 1. The van der Waals surface area contributed by atoms with Crippen LogP contribution in [0.15, 0.2) is 59.9 Å². The Morgan fingerprint density at radius 3 is 1.76 bits per heavy atom. The van der Waals surface area contributed by atoms with Crippen LogP contribution < -0.4 is 0 Å². The van der Waals surface area contributed by atoms with Crippen LogP contribution in [0.5, 0.6) is 0 Å². The Hall–Kier alpha value is -4.61. The molecule has 0 aromatic heterocycles. The van der Waals surface area contributed by atoms with Crippen molar-refractivity contribution < 1.29 is 38.8 Å². The maximum atomic E-state index is 11.7. The third-order valence-electron chi connectivity index (χ3n) is 5.19. The lowest BCUT2D eigenvalue weighted by Gasteiger charge is -2.12. The number of aliphatic hydroxyl groups is 1. The van der Waals surface area contributed by atoms with Crippen molar-refractivity contribution in [3.8, 4) is 0 Å². The minimum absolute atomic E-state index is 0.0225. The zero-order valence-corrected chi connectivity index (χ0v) is 21.5. The summed E-state index contributed by atoms with van der Waals surface area (Å²) >= 11 is 0. The number of allylic oxidation sites excluding steroid dienone is 1. The van der Waals surface area contributed by atoms with E-state index in [0.717, 1.165) is 0 Å². The zero-order chi connectivity index (χ0) is 28.8. The lowest BCUT2D eigenvalue weighted by Crippen LogP contribution is -2.26. The van der Waals surface area contributed by atoms with E-state index in [2.05, 4.69) is 0 Å². The van der Waals surface area contributed by atoms with Gasteiger partial charge in [-0.05, 0) is 34.1 Å². The van der Waals surface area contributed by atoms with Gasteiger partial charge in [-0.2, -0.15) is 0 Å². The van der Waals surface area contributed by atoms with Crippen molar-refractivity contribution in [2.45, 2.75) is 40.5 Å². The van der Waals surface area contributed by atoms with Crippen LogP contribution in [0.4, 0.5) is 11.4 Å². The largest absolute Gasteiger partial charge is 0.512 e. The quantitative estimate of drug-likeness (QED) is 0.109. The molecule has 0 bridgehead atoms. The molecule has 2 rings (SSSR count). The topological polar surface area (TPSA) is 176 Å². The summed E-state index contributed by atoms with van der Waals surface area (Å²) in [6, 6.07) is 12.1. The summed E-state index contributed by atoms with van der Waals surface area (Å²) in [7, 11) is 0. The number of esters is 2. The number of carbonyl (C=O) groups excluding carboxylic acids is 3. The molecule has 204 valence electrons. The minimum atomic E-state index is -0.999. The molecular weight excluding hydrogens is 500 g/mol. The van der Waals surface area contributed by atoms with Crippen LogP contribution >= 0.6 is 0 Å². The maximum absolute atomic E-state index is 11.7. The van der Waals surface area contributed by atoms with Crippen LogP contribution in [0.3, 0.4) is 0 Å². The fourth-order valence-corrected chi connectivity index (χ4v) is 3.31. The van der Waals surface area contributed by atoms with Crippen molar-refractivity contribution in [3.05, 3.63) is 91.2 Å². The van der Waals surface area contributed by atoms with Crippen LogP contribution in [-0.4, -0.2) is 45.9 Å². The number of para-hydroxylation sites is 2. The molecule has 0 amide bonds. The lowest BCUT2D eigenvalue weighted by atomic mass is 9.95. The van der Waals surface area contributed by atoms with Gasteiger partial charge in [-0.3, -0.25) is 29.8 Å². The highest BCUT2D eigenvalue weighted by Crippen LogP contribution is 2.23. The first-order valence-corrected chi connectivity index (χ1v) is 11.6. The van der Waals surface area contributed by atoms with E-state index in [4.69, 9.17) is 9.47 Å². The van der Waals surface area contributed by atoms with Crippen molar-refractivity contribution in [1.29, 1.82) is 0 Å². The molecule has 38 heavy (non-hydrogen) atoms. The molecule has 1 unspecified atom stereocenters. The molecule has 0 aliphatic carbocycles. The van der Waals surface area contributed by atoms with Gasteiger partial charge in [0.2, 0.25) is 0 Å². The van der Waals surface area contributed by atoms with Gasteiger partial charge in [0.15, 0.2) is 0 Å². The van der Waals surface area contributed by atoms with E-state index in [-0.39, 0.29) is 54.5 Å². The number of benzene rings is 2. The Morgan fingerprint density at radius 1 is 0.842 bits per heavy atom. The summed E-state index contributed by atoms with van der Waals surface area (Å²) in [5.74, 6) is -2.87. The molecule has 12 nitrogen and oxygen atoms in total. The van der Waals surface area contributed by atoms with E-state index in [0.29, 0.717) is 11.1 Å². The second kappa shape index (κ2) is 15.5. The summed E-state index contributed by atoms with van der Waals surface area (Å²) in [6.07, 6.45) is -0.0658. The molecule has 2 aromatic carbocycles. The molecule has 0 aliphatic heterocycles. The fraction of sp³-hybridized carbons (Fsp3) is 0.346. The molecule has 0 saturated carbocycles. The predicted octanol–water partition coefficient (Wildman–Crippen LogP) is 4.44. The summed E-state index contributed by atoms with van der Waals surface area (Å²) in [5, 5.41) is 31.3. The number of nitro benzene ring substituents is 2. The Balaban J connectivity index is 0.000000380. The van der Waals surface area contributed by atoms with Gasteiger partial charge in [0.05, 0.1) is 34.4 Å². The van der Waals surface area contributed by atoms with E-state index in [1.165, 1.54) is 38.1 Å². The molecule has 1 N–H and O–H groups in total. The van der Waals surface area contributed by atoms with E-state index in [9.17, 15) is 39.7 Å². The molecule has 0 aliphatic rings. The number of nitro groups is 2. The van der Waals surface area contributed by atoms with Gasteiger partial charge in [-0.15, -0.1) is 0 Å². The van der Waals surface area contributed by atoms with E-state index in [1.807, 2.05) is 0 Å². The van der Waals surface area contributed by atoms with Crippen molar-refractivity contribution in [1.82, 2.24) is 0 Å². The standard InChI is InChI=1S/2C13H15NO5/c2*1-3-19-13(16)11(9(2)15)8-10-6-4-5-7-12(10)14(17)18/h4-7,15H,3,8H2,1-2H3;4-7,11H,3,8H2,1-2H3/b11-9+;. The Kier molecular flexibility index (Phi) is 12.8. The van der Waals surface area contributed by atoms with E-state index in [1.54, 1.807) is 38.1 Å². The summed E-state index contributed by atoms with van der Waals surface area (Å²) in [5.41, 5.74) is 0.532.